The van der Waals surface area contributed by atoms with Gasteiger partial charge in [0, 0.05) is 4.47 Å². The SMILES string of the molecule is CC(C)(Cc1ccc(-c2ccc(Br)cc2)cc1)[Si](C)(C)O. The first kappa shape index (κ1) is 16.5. The first-order valence-electron chi connectivity index (χ1n) is 7.26. The van der Waals surface area contributed by atoms with Crippen molar-refractivity contribution in [1.82, 2.24) is 0 Å². The highest BCUT2D eigenvalue weighted by atomic mass is 79.9. The molecule has 0 atom stereocenters. The minimum absolute atomic E-state index is 0.0217. The number of hydrogen-bond donors (Lipinski definition) is 1. The summed E-state index contributed by atoms with van der Waals surface area (Å²) in [5, 5.41) is -0.0217. The average molecular weight is 363 g/mol. The van der Waals surface area contributed by atoms with Crippen LogP contribution in [0, 0.1) is 0 Å². The van der Waals surface area contributed by atoms with E-state index in [0.717, 1.165) is 10.9 Å². The molecular formula is C18H23BrOSi. The number of rotatable bonds is 4. The summed E-state index contributed by atoms with van der Waals surface area (Å²) < 4.78 is 1.10. The van der Waals surface area contributed by atoms with E-state index in [1.165, 1.54) is 16.7 Å². The van der Waals surface area contributed by atoms with Gasteiger partial charge in [0.05, 0.1) is 0 Å². The summed E-state index contributed by atoms with van der Waals surface area (Å²) in [5.74, 6) is 0. The average Bonchev–Trinajstić information content (AvgIpc) is 2.39. The second-order valence-corrected chi connectivity index (χ2v) is 12.2. The summed E-state index contributed by atoms with van der Waals surface area (Å²) in [5.41, 5.74) is 3.74. The largest absolute Gasteiger partial charge is 0.432 e. The van der Waals surface area contributed by atoms with Gasteiger partial charge < -0.3 is 4.80 Å². The van der Waals surface area contributed by atoms with Crippen LogP contribution in [0.5, 0.6) is 0 Å². The van der Waals surface area contributed by atoms with Crippen molar-refractivity contribution in [2.24, 2.45) is 0 Å². The Morgan fingerprint density at radius 3 is 1.76 bits per heavy atom. The van der Waals surface area contributed by atoms with Crippen LogP contribution < -0.4 is 0 Å². The highest BCUT2D eigenvalue weighted by molar-refractivity contribution is 9.10. The molecule has 0 aliphatic heterocycles. The molecule has 0 aliphatic carbocycles. The lowest BCUT2D eigenvalue weighted by atomic mass is 9.98. The zero-order chi connectivity index (χ0) is 15.7. The first-order valence-corrected chi connectivity index (χ1v) is 11.0. The second-order valence-electron chi connectivity index (χ2n) is 6.82. The Kier molecular flexibility index (Phi) is 4.76. The van der Waals surface area contributed by atoms with E-state index in [2.05, 4.69) is 78.3 Å². The molecule has 0 saturated carbocycles. The molecule has 2 aromatic carbocycles. The molecule has 0 saturated heterocycles. The maximum absolute atomic E-state index is 10.4. The van der Waals surface area contributed by atoms with Crippen LogP contribution in [0.4, 0.5) is 0 Å². The van der Waals surface area contributed by atoms with Crippen molar-refractivity contribution in [3.05, 3.63) is 58.6 Å². The Balaban J connectivity index is 2.18. The van der Waals surface area contributed by atoms with Crippen molar-refractivity contribution >= 4 is 24.2 Å². The quantitative estimate of drug-likeness (QED) is 0.698. The molecule has 2 aromatic rings. The topological polar surface area (TPSA) is 20.2 Å². The van der Waals surface area contributed by atoms with Gasteiger partial charge in [-0.15, -0.1) is 0 Å². The molecule has 21 heavy (non-hydrogen) atoms. The molecule has 2 rings (SSSR count). The van der Waals surface area contributed by atoms with Crippen LogP contribution in [0.15, 0.2) is 53.0 Å². The van der Waals surface area contributed by atoms with Crippen molar-refractivity contribution in [2.45, 2.75) is 38.4 Å². The summed E-state index contributed by atoms with van der Waals surface area (Å²) >= 11 is 3.46. The van der Waals surface area contributed by atoms with Gasteiger partial charge in [-0.05, 0) is 53.4 Å². The van der Waals surface area contributed by atoms with Crippen molar-refractivity contribution < 1.29 is 4.80 Å². The molecule has 0 aromatic heterocycles. The zero-order valence-corrected chi connectivity index (χ0v) is 15.7. The molecule has 0 unspecified atom stereocenters. The van der Waals surface area contributed by atoms with Crippen molar-refractivity contribution in [2.75, 3.05) is 0 Å². The number of halogens is 1. The predicted octanol–water partition coefficient (Wildman–Crippen LogP) is 5.64. The predicted molar refractivity (Wildman–Crippen MR) is 97.0 cm³/mol. The van der Waals surface area contributed by atoms with Gasteiger partial charge in [0.1, 0.15) is 0 Å². The second kappa shape index (κ2) is 6.07. The van der Waals surface area contributed by atoms with E-state index in [1.807, 2.05) is 13.1 Å². The monoisotopic (exact) mass is 362 g/mol. The minimum atomic E-state index is -2.16. The Hall–Kier alpha value is -0.903. The third kappa shape index (κ3) is 4.06. The summed E-state index contributed by atoms with van der Waals surface area (Å²) in [6.45, 7) is 8.37. The highest BCUT2D eigenvalue weighted by Gasteiger charge is 2.37. The van der Waals surface area contributed by atoms with Gasteiger partial charge in [0.2, 0.25) is 0 Å². The molecule has 0 heterocycles. The van der Waals surface area contributed by atoms with E-state index in [-0.39, 0.29) is 5.04 Å². The summed E-state index contributed by atoms with van der Waals surface area (Å²) in [7, 11) is -2.16. The molecule has 0 aliphatic rings. The maximum atomic E-state index is 10.4. The van der Waals surface area contributed by atoms with Gasteiger partial charge in [-0.25, -0.2) is 0 Å². The van der Waals surface area contributed by atoms with Gasteiger partial charge in [0.15, 0.2) is 8.32 Å². The van der Waals surface area contributed by atoms with E-state index < -0.39 is 8.32 Å². The Morgan fingerprint density at radius 2 is 1.33 bits per heavy atom. The van der Waals surface area contributed by atoms with Crippen LogP contribution in [0.3, 0.4) is 0 Å². The minimum Gasteiger partial charge on any atom is -0.432 e. The van der Waals surface area contributed by atoms with Crippen LogP contribution >= 0.6 is 15.9 Å². The fourth-order valence-corrected chi connectivity index (χ4v) is 3.09. The summed E-state index contributed by atoms with van der Waals surface area (Å²) in [4.78, 5) is 10.4. The standard InChI is InChI=1S/C18H23BrOSi/c1-18(2,21(3,4)20)13-14-5-7-15(8-6-14)16-9-11-17(19)12-10-16/h5-12,20H,13H2,1-4H3. The van der Waals surface area contributed by atoms with Crippen LogP contribution in [-0.2, 0) is 6.42 Å². The molecule has 1 N–H and O–H groups in total. The normalized spacial score (nSPS) is 12.5. The van der Waals surface area contributed by atoms with E-state index in [4.69, 9.17) is 0 Å². The lowest BCUT2D eigenvalue weighted by Crippen LogP contribution is -2.40. The highest BCUT2D eigenvalue weighted by Crippen LogP contribution is 2.38. The lowest BCUT2D eigenvalue weighted by Gasteiger charge is -2.35. The lowest BCUT2D eigenvalue weighted by molar-refractivity contribution is 0.467. The van der Waals surface area contributed by atoms with Crippen molar-refractivity contribution in [1.29, 1.82) is 0 Å². The van der Waals surface area contributed by atoms with Gasteiger partial charge in [0.25, 0.3) is 0 Å². The number of benzene rings is 2. The van der Waals surface area contributed by atoms with E-state index >= 15 is 0 Å². The maximum Gasteiger partial charge on any atom is 0.188 e. The molecule has 0 bridgehead atoms. The van der Waals surface area contributed by atoms with E-state index in [0.29, 0.717) is 0 Å². The fourth-order valence-electron chi connectivity index (χ4n) is 2.18. The van der Waals surface area contributed by atoms with E-state index in [9.17, 15) is 4.80 Å². The van der Waals surface area contributed by atoms with Crippen LogP contribution in [0.25, 0.3) is 11.1 Å². The van der Waals surface area contributed by atoms with Gasteiger partial charge in [-0.1, -0.05) is 66.2 Å². The summed E-state index contributed by atoms with van der Waals surface area (Å²) in [6, 6.07) is 17.1. The Bertz CT molecular complexity index is 595. The van der Waals surface area contributed by atoms with Crippen LogP contribution in [0.1, 0.15) is 19.4 Å². The molecule has 3 heteroatoms. The third-order valence-corrected chi connectivity index (χ3v) is 8.45. The third-order valence-electron chi connectivity index (χ3n) is 4.43. The van der Waals surface area contributed by atoms with Gasteiger partial charge in [-0.3, -0.25) is 0 Å². The van der Waals surface area contributed by atoms with Crippen LogP contribution in [-0.4, -0.2) is 13.1 Å². The Morgan fingerprint density at radius 1 is 0.905 bits per heavy atom. The first-order chi connectivity index (χ1) is 9.69. The fraction of sp³-hybridized carbons (Fsp3) is 0.333. The summed E-state index contributed by atoms with van der Waals surface area (Å²) in [6.07, 6.45) is 0.920. The number of hydrogen-bond acceptors (Lipinski definition) is 1. The van der Waals surface area contributed by atoms with Gasteiger partial charge >= 0.3 is 0 Å². The molecular weight excluding hydrogens is 340 g/mol. The van der Waals surface area contributed by atoms with Crippen LogP contribution in [0.2, 0.25) is 18.1 Å². The zero-order valence-electron chi connectivity index (χ0n) is 13.2. The molecule has 0 fully saturated rings. The van der Waals surface area contributed by atoms with Crippen molar-refractivity contribution in [3.8, 4) is 11.1 Å². The molecule has 1 nitrogen and oxygen atoms in total. The molecule has 0 radical (unpaired) electrons. The van der Waals surface area contributed by atoms with E-state index in [1.54, 1.807) is 0 Å². The molecule has 0 spiro atoms. The molecule has 0 amide bonds. The molecule has 112 valence electrons. The van der Waals surface area contributed by atoms with Crippen molar-refractivity contribution in [3.63, 3.8) is 0 Å². The smallest absolute Gasteiger partial charge is 0.188 e. The van der Waals surface area contributed by atoms with Gasteiger partial charge in [-0.2, -0.15) is 0 Å². The Labute approximate surface area is 137 Å².